The monoisotopic (exact) mass is 346 g/mol. The van der Waals surface area contributed by atoms with Crippen LogP contribution in [0.5, 0.6) is 0 Å². The SMILES string of the molecule is Clc1cc(Br)ccc1NCc1ccc2ccccc2n1. The molecule has 1 N–H and O–H groups in total. The number of hydrogen-bond donors (Lipinski definition) is 1. The molecule has 2 aromatic carbocycles. The number of para-hydroxylation sites is 1. The van der Waals surface area contributed by atoms with E-state index in [-0.39, 0.29) is 0 Å². The molecule has 4 heteroatoms. The Morgan fingerprint density at radius 2 is 1.90 bits per heavy atom. The summed E-state index contributed by atoms with van der Waals surface area (Å²) in [7, 11) is 0. The van der Waals surface area contributed by atoms with Crippen LogP contribution in [0.25, 0.3) is 10.9 Å². The van der Waals surface area contributed by atoms with Crippen molar-refractivity contribution in [2.45, 2.75) is 6.54 Å². The van der Waals surface area contributed by atoms with E-state index in [0.29, 0.717) is 11.6 Å². The van der Waals surface area contributed by atoms with Crippen molar-refractivity contribution in [2.75, 3.05) is 5.32 Å². The Bertz CT molecular complexity index is 758. The second-order valence-corrected chi connectivity index (χ2v) is 5.80. The molecule has 3 rings (SSSR count). The van der Waals surface area contributed by atoms with Gasteiger partial charge >= 0.3 is 0 Å². The van der Waals surface area contributed by atoms with Crippen molar-refractivity contribution in [2.24, 2.45) is 0 Å². The number of nitrogens with one attached hydrogen (secondary N) is 1. The molecule has 0 fully saturated rings. The highest BCUT2D eigenvalue weighted by molar-refractivity contribution is 9.10. The number of fused-ring (bicyclic) bond motifs is 1. The predicted molar refractivity (Wildman–Crippen MR) is 88.2 cm³/mol. The molecule has 1 aromatic heterocycles. The van der Waals surface area contributed by atoms with Gasteiger partial charge in [0.1, 0.15) is 0 Å². The molecule has 0 saturated heterocycles. The summed E-state index contributed by atoms with van der Waals surface area (Å²) < 4.78 is 0.969. The zero-order valence-corrected chi connectivity index (χ0v) is 12.9. The van der Waals surface area contributed by atoms with E-state index in [1.54, 1.807) is 0 Å². The second kappa shape index (κ2) is 5.81. The lowest BCUT2D eigenvalue weighted by Gasteiger charge is -2.09. The predicted octanol–water partition coefficient (Wildman–Crippen LogP) is 5.26. The van der Waals surface area contributed by atoms with E-state index in [9.17, 15) is 0 Å². The van der Waals surface area contributed by atoms with Crippen LogP contribution in [-0.4, -0.2) is 4.98 Å². The normalized spacial score (nSPS) is 10.7. The van der Waals surface area contributed by atoms with E-state index in [4.69, 9.17) is 11.6 Å². The number of rotatable bonds is 3. The Balaban J connectivity index is 1.79. The zero-order valence-electron chi connectivity index (χ0n) is 10.6. The van der Waals surface area contributed by atoms with Gasteiger partial charge in [0, 0.05) is 9.86 Å². The quantitative estimate of drug-likeness (QED) is 0.699. The highest BCUT2D eigenvalue weighted by Gasteiger charge is 2.02. The summed E-state index contributed by atoms with van der Waals surface area (Å²) in [5, 5.41) is 5.15. The Hall–Kier alpha value is -1.58. The molecule has 0 bridgehead atoms. The Morgan fingerprint density at radius 1 is 1.05 bits per heavy atom. The largest absolute Gasteiger partial charge is 0.378 e. The summed E-state index contributed by atoms with van der Waals surface area (Å²) in [6, 6.07) is 18.0. The van der Waals surface area contributed by atoms with Crippen LogP contribution in [0, 0.1) is 0 Å². The minimum Gasteiger partial charge on any atom is -0.378 e. The van der Waals surface area contributed by atoms with E-state index in [0.717, 1.165) is 26.8 Å². The van der Waals surface area contributed by atoms with Gasteiger partial charge in [-0.15, -0.1) is 0 Å². The molecule has 3 aromatic rings. The van der Waals surface area contributed by atoms with E-state index in [1.165, 1.54) is 0 Å². The van der Waals surface area contributed by atoms with Crippen molar-refractivity contribution in [3.63, 3.8) is 0 Å². The highest BCUT2D eigenvalue weighted by atomic mass is 79.9. The first-order chi connectivity index (χ1) is 9.72. The fourth-order valence-corrected chi connectivity index (χ4v) is 2.77. The number of anilines is 1. The average molecular weight is 348 g/mol. The zero-order chi connectivity index (χ0) is 13.9. The Kier molecular flexibility index (Phi) is 3.90. The number of halogens is 2. The molecular weight excluding hydrogens is 336 g/mol. The van der Waals surface area contributed by atoms with Crippen LogP contribution >= 0.6 is 27.5 Å². The third-order valence-corrected chi connectivity index (χ3v) is 3.85. The first-order valence-electron chi connectivity index (χ1n) is 6.26. The average Bonchev–Trinajstić information content (AvgIpc) is 2.46. The molecule has 100 valence electrons. The van der Waals surface area contributed by atoms with Gasteiger partial charge in [-0.25, -0.2) is 0 Å². The van der Waals surface area contributed by atoms with Gasteiger partial charge in [-0.2, -0.15) is 0 Å². The first kappa shape index (κ1) is 13.4. The Labute approximate surface area is 130 Å². The van der Waals surface area contributed by atoms with Crippen molar-refractivity contribution in [3.8, 4) is 0 Å². The molecule has 0 amide bonds. The third-order valence-electron chi connectivity index (χ3n) is 3.05. The van der Waals surface area contributed by atoms with Crippen molar-refractivity contribution in [1.29, 1.82) is 0 Å². The smallest absolute Gasteiger partial charge is 0.0706 e. The van der Waals surface area contributed by atoms with Gasteiger partial charge in [-0.3, -0.25) is 4.98 Å². The van der Waals surface area contributed by atoms with Gasteiger partial charge in [0.25, 0.3) is 0 Å². The van der Waals surface area contributed by atoms with Crippen LogP contribution in [0.1, 0.15) is 5.69 Å². The van der Waals surface area contributed by atoms with E-state index < -0.39 is 0 Å². The highest BCUT2D eigenvalue weighted by Crippen LogP contribution is 2.26. The summed E-state index contributed by atoms with van der Waals surface area (Å²) in [6.07, 6.45) is 0. The molecule has 0 saturated carbocycles. The molecule has 0 unspecified atom stereocenters. The number of aromatic nitrogens is 1. The molecule has 1 heterocycles. The number of hydrogen-bond acceptors (Lipinski definition) is 2. The van der Waals surface area contributed by atoms with Crippen LogP contribution in [0.3, 0.4) is 0 Å². The topological polar surface area (TPSA) is 24.9 Å². The molecule has 0 aliphatic carbocycles. The summed E-state index contributed by atoms with van der Waals surface area (Å²) in [6.45, 7) is 0.645. The summed E-state index contributed by atoms with van der Waals surface area (Å²) >= 11 is 9.57. The minimum absolute atomic E-state index is 0.645. The van der Waals surface area contributed by atoms with Crippen molar-refractivity contribution >= 4 is 44.1 Å². The van der Waals surface area contributed by atoms with Crippen molar-refractivity contribution in [1.82, 2.24) is 4.98 Å². The van der Waals surface area contributed by atoms with E-state index >= 15 is 0 Å². The fraction of sp³-hybridized carbons (Fsp3) is 0.0625. The first-order valence-corrected chi connectivity index (χ1v) is 7.43. The van der Waals surface area contributed by atoms with Crippen LogP contribution in [0.15, 0.2) is 59.1 Å². The maximum absolute atomic E-state index is 6.18. The van der Waals surface area contributed by atoms with E-state index in [2.05, 4.69) is 38.4 Å². The molecule has 0 aliphatic rings. The standard InChI is InChI=1S/C16H12BrClN2/c17-12-6-8-16(14(18)9-12)19-10-13-7-5-11-3-1-2-4-15(11)20-13/h1-9,19H,10H2. The lowest BCUT2D eigenvalue weighted by molar-refractivity contribution is 1.07. The van der Waals surface area contributed by atoms with Gasteiger partial charge < -0.3 is 5.32 Å². The van der Waals surface area contributed by atoms with Crippen molar-refractivity contribution in [3.05, 3.63) is 69.8 Å². The number of pyridine rings is 1. The fourth-order valence-electron chi connectivity index (χ4n) is 2.03. The van der Waals surface area contributed by atoms with Crippen LogP contribution in [0.4, 0.5) is 5.69 Å². The molecule has 20 heavy (non-hydrogen) atoms. The second-order valence-electron chi connectivity index (χ2n) is 4.47. The number of nitrogens with zero attached hydrogens (tertiary/aromatic N) is 1. The summed E-state index contributed by atoms with van der Waals surface area (Å²) in [5.41, 5.74) is 2.90. The maximum atomic E-state index is 6.18. The minimum atomic E-state index is 0.645. The molecule has 0 spiro atoms. The van der Waals surface area contributed by atoms with Crippen LogP contribution < -0.4 is 5.32 Å². The van der Waals surface area contributed by atoms with Gasteiger partial charge in [0.15, 0.2) is 0 Å². The van der Waals surface area contributed by atoms with Gasteiger partial charge in [0.2, 0.25) is 0 Å². The Morgan fingerprint density at radius 3 is 2.75 bits per heavy atom. The molecular formula is C16H12BrClN2. The van der Waals surface area contributed by atoms with E-state index in [1.807, 2.05) is 42.5 Å². The van der Waals surface area contributed by atoms with Crippen LogP contribution in [0.2, 0.25) is 5.02 Å². The van der Waals surface area contributed by atoms with Gasteiger partial charge in [-0.05, 0) is 30.3 Å². The molecule has 2 nitrogen and oxygen atoms in total. The molecule has 0 atom stereocenters. The third kappa shape index (κ3) is 2.94. The lowest BCUT2D eigenvalue weighted by atomic mass is 10.2. The summed E-state index contributed by atoms with van der Waals surface area (Å²) in [5.74, 6) is 0. The van der Waals surface area contributed by atoms with Crippen LogP contribution in [-0.2, 0) is 6.54 Å². The summed E-state index contributed by atoms with van der Waals surface area (Å²) in [4.78, 5) is 4.62. The van der Waals surface area contributed by atoms with Gasteiger partial charge in [0.05, 0.1) is 28.5 Å². The lowest BCUT2D eigenvalue weighted by Crippen LogP contribution is -2.02. The molecule has 0 aliphatic heterocycles. The maximum Gasteiger partial charge on any atom is 0.0706 e. The van der Waals surface area contributed by atoms with Gasteiger partial charge in [-0.1, -0.05) is 51.8 Å². The molecule has 0 radical (unpaired) electrons. The number of benzene rings is 2. The van der Waals surface area contributed by atoms with Crippen molar-refractivity contribution < 1.29 is 0 Å².